The van der Waals surface area contributed by atoms with Gasteiger partial charge in [0, 0.05) is 24.4 Å². The lowest BCUT2D eigenvalue weighted by atomic mass is 9.51. The Hall–Kier alpha value is -1.56. The maximum absolute atomic E-state index is 13.7. The van der Waals surface area contributed by atoms with E-state index in [9.17, 15) is 9.50 Å². The average Bonchev–Trinajstić information content (AvgIpc) is 3.04. The monoisotopic (exact) mass is 343 g/mol. The van der Waals surface area contributed by atoms with Crippen molar-refractivity contribution in [1.29, 1.82) is 0 Å². The van der Waals surface area contributed by atoms with E-state index in [0.29, 0.717) is 26.1 Å². The summed E-state index contributed by atoms with van der Waals surface area (Å²) in [6.07, 6.45) is 6.94. The van der Waals surface area contributed by atoms with Crippen molar-refractivity contribution in [3.8, 4) is 0 Å². The molecule has 1 aromatic carbocycles. The van der Waals surface area contributed by atoms with Crippen molar-refractivity contribution in [3.63, 3.8) is 0 Å². The van der Waals surface area contributed by atoms with Gasteiger partial charge in [0.05, 0.1) is 24.3 Å². The van der Waals surface area contributed by atoms with Crippen LogP contribution < -0.4 is 0 Å². The van der Waals surface area contributed by atoms with E-state index in [0.717, 1.165) is 42.1 Å². The third kappa shape index (κ3) is 2.40. The summed E-state index contributed by atoms with van der Waals surface area (Å²) in [5.41, 5.74) is 0.787. The Morgan fingerprint density at radius 2 is 1.72 bits per heavy atom. The summed E-state index contributed by atoms with van der Waals surface area (Å²) >= 11 is 0. The van der Waals surface area contributed by atoms with Gasteiger partial charge in [0.25, 0.3) is 0 Å². The van der Waals surface area contributed by atoms with Crippen LogP contribution in [0.2, 0.25) is 0 Å². The standard InChI is InChI=1S/C20H22FNO3/c21-14-1-2-17-15(11-14)16(3-8-22-17)19(23)12-18(13-19)4-6-20(7-5-18)24-9-10-25-20/h1-3,8,11,23H,4-7,9-10,12-13H2. The number of aliphatic hydroxyl groups is 1. The van der Waals surface area contributed by atoms with Crippen LogP contribution in [0.5, 0.6) is 0 Å². The molecule has 5 rings (SSSR count). The Balaban J connectivity index is 1.40. The van der Waals surface area contributed by atoms with Gasteiger partial charge in [0.1, 0.15) is 5.82 Å². The first-order valence-corrected chi connectivity index (χ1v) is 9.07. The maximum Gasteiger partial charge on any atom is 0.168 e. The van der Waals surface area contributed by atoms with Crippen LogP contribution in [0, 0.1) is 11.2 Å². The van der Waals surface area contributed by atoms with E-state index in [1.807, 2.05) is 6.07 Å². The zero-order valence-electron chi connectivity index (χ0n) is 14.1. The second kappa shape index (κ2) is 5.22. The molecule has 2 heterocycles. The van der Waals surface area contributed by atoms with E-state index in [2.05, 4.69) is 4.98 Å². The second-order valence-electron chi connectivity index (χ2n) is 8.01. The summed E-state index contributed by atoms with van der Waals surface area (Å²) in [4.78, 5) is 4.30. The predicted octanol–water partition coefficient (Wildman–Crippen LogP) is 3.66. The topological polar surface area (TPSA) is 51.6 Å². The van der Waals surface area contributed by atoms with Crippen LogP contribution >= 0.6 is 0 Å². The molecule has 5 heteroatoms. The quantitative estimate of drug-likeness (QED) is 0.859. The Labute approximate surface area is 146 Å². The van der Waals surface area contributed by atoms with Crippen molar-refractivity contribution in [2.75, 3.05) is 13.2 Å². The van der Waals surface area contributed by atoms with Crippen molar-refractivity contribution in [2.45, 2.75) is 49.9 Å². The molecule has 132 valence electrons. The molecule has 2 aromatic rings. The van der Waals surface area contributed by atoms with Crippen molar-refractivity contribution >= 4 is 10.9 Å². The summed E-state index contributed by atoms with van der Waals surface area (Å²) < 4.78 is 25.3. The first kappa shape index (κ1) is 15.7. The number of benzene rings is 1. The van der Waals surface area contributed by atoms with Gasteiger partial charge in [-0.25, -0.2) is 4.39 Å². The number of hydrogen-bond donors (Lipinski definition) is 1. The Kier molecular flexibility index (Phi) is 3.28. The van der Waals surface area contributed by atoms with Crippen LogP contribution in [0.25, 0.3) is 10.9 Å². The van der Waals surface area contributed by atoms with Crippen molar-refractivity contribution in [3.05, 3.63) is 41.8 Å². The van der Waals surface area contributed by atoms with Gasteiger partial charge in [-0.05, 0) is 60.9 Å². The minimum Gasteiger partial charge on any atom is -0.385 e. The molecule has 0 amide bonds. The molecule has 2 spiro atoms. The van der Waals surface area contributed by atoms with Crippen LogP contribution in [0.1, 0.15) is 44.1 Å². The van der Waals surface area contributed by atoms with E-state index in [4.69, 9.17) is 9.47 Å². The van der Waals surface area contributed by atoms with Crippen LogP contribution in [0.4, 0.5) is 4.39 Å². The normalized spacial score (nSPS) is 26.2. The third-order valence-corrected chi connectivity index (χ3v) is 6.43. The lowest BCUT2D eigenvalue weighted by molar-refractivity contribution is -0.225. The highest BCUT2D eigenvalue weighted by Crippen LogP contribution is 2.63. The number of halogens is 1. The summed E-state index contributed by atoms with van der Waals surface area (Å²) in [6.45, 7) is 1.37. The minimum absolute atomic E-state index is 0.151. The molecule has 1 saturated heterocycles. The molecule has 0 unspecified atom stereocenters. The van der Waals surface area contributed by atoms with Crippen LogP contribution in [0.3, 0.4) is 0 Å². The second-order valence-corrected chi connectivity index (χ2v) is 8.01. The minimum atomic E-state index is -0.892. The van der Waals surface area contributed by atoms with E-state index in [-0.39, 0.29) is 17.0 Å². The van der Waals surface area contributed by atoms with Crippen molar-refractivity contribution in [2.24, 2.45) is 5.41 Å². The zero-order valence-corrected chi connectivity index (χ0v) is 14.1. The van der Waals surface area contributed by atoms with Crippen LogP contribution in [0.15, 0.2) is 30.5 Å². The highest BCUT2D eigenvalue weighted by atomic mass is 19.1. The highest BCUT2D eigenvalue weighted by molar-refractivity contribution is 5.83. The fraction of sp³-hybridized carbons (Fsp3) is 0.550. The van der Waals surface area contributed by atoms with Gasteiger partial charge in [-0.3, -0.25) is 4.98 Å². The maximum atomic E-state index is 13.7. The van der Waals surface area contributed by atoms with Gasteiger partial charge in [0.15, 0.2) is 5.79 Å². The molecule has 1 aliphatic heterocycles. The predicted molar refractivity (Wildman–Crippen MR) is 90.4 cm³/mol. The van der Waals surface area contributed by atoms with E-state index >= 15 is 0 Å². The fourth-order valence-electron chi connectivity index (χ4n) is 5.20. The lowest BCUT2D eigenvalue weighted by Gasteiger charge is -2.57. The van der Waals surface area contributed by atoms with Gasteiger partial charge in [-0.15, -0.1) is 0 Å². The summed E-state index contributed by atoms with van der Waals surface area (Å²) in [5, 5.41) is 11.9. The van der Waals surface area contributed by atoms with Gasteiger partial charge < -0.3 is 14.6 Å². The molecule has 2 aliphatic carbocycles. The molecule has 3 aliphatic rings. The van der Waals surface area contributed by atoms with Gasteiger partial charge in [-0.1, -0.05) is 0 Å². The van der Waals surface area contributed by atoms with Crippen LogP contribution in [-0.2, 0) is 15.1 Å². The molecule has 25 heavy (non-hydrogen) atoms. The van der Waals surface area contributed by atoms with E-state index in [1.165, 1.54) is 12.1 Å². The summed E-state index contributed by atoms with van der Waals surface area (Å²) in [6, 6.07) is 6.40. The highest BCUT2D eigenvalue weighted by Gasteiger charge is 2.58. The first-order chi connectivity index (χ1) is 12.0. The SMILES string of the molecule is OC1(c2ccnc3ccc(F)cc23)CC2(CCC3(CC2)OCCO3)C1. The number of fused-ring (bicyclic) bond motifs is 1. The molecule has 1 N–H and O–H groups in total. The van der Waals surface area contributed by atoms with Crippen molar-refractivity contribution < 1.29 is 19.0 Å². The Morgan fingerprint density at radius 3 is 2.44 bits per heavy atom. The Bertz CT molecular complexity index is 813. The number of nitrogens with zero attached hydrogens (tertiary/aromatic N) is 1. The number of rotatable bonds is 1. The number of ether oxygens (including phenoxy) is 2. The molecule has 2 saturated carbocycles. The smallest absolute Gasteiger partial charge is 0.168 e. The first-order valence-electron chi connectivity index (χ1n) is 9.07. The molecule has 0 atom stereocenters. The molecule has 4 nitrogen and oxygen atoms in total. The number of pyridine rings is 1. The zero-order chi connectivity index (χ0) is 17.1. The van der Waals surface area contributed by atoms with Gasteiger partial charge in [-0.2, -0.15) is 0 Å². The molecule has 3 fully saturated rings. The summed E-state index contributed by atoms with van der Waals surface area (Å²) in [7, 11) is 0. The van der Waals surface area contributed by atoms with Crippen LogP contribution in [-0.4, -0.2) is 29.1 Å². The summed E-state index contributed by atoms with van der Waals surface area (Å²) in [5.74, 6) is -0.666. The third-order valence-electron chi connectivity index (χ3n) is 6.43. The largest absolute Gasteiger partial charge is 0.385 e. The van der Waals surface area contributed by atoms with Gasteiger partial charge in [0.2, 0.25) is 0 Å². The molecule has 0 radical (unpaired) electrons. The average molecular weight is 343 g/mol. The molecular weight excluding hydrogens is 321 g/mol. The molecular formula is C20H22FNO3. The molecule has 0 bridgehead atoms. The number of hydrogen-bond acceptors (Lipinski definition) is 4. The fourth-order valence-corrected chi connectivity index (χ4v) is 5.20. The number of aromatic nitrogens is 1. The lowest BCUT2D eigenvalue weighted by Crippen LogP contribution is -2.53. The van der Waals surface area contributed by atoms with E-state index < -0.39 is 5.60 Å². The molecule has 1 aromatic heterocycles. The van der Waals surface area contributed by atoms with E-state index in [1.54, 1.807) is 12.3 Å². The van der Waals surface area contributed by atoms with Crippen molar-refractivity contribution in [1.82, 2.24) is 4.98 Å². The Morgan fingerprint density at radius 1 is 1.00 bits per heavy atom. The van der Waals surface area contributed by atoms with Gasteiger partial charge >= 0.3 is 0 Å².